The molecule has 1 atom stereocenters. The quantitative estimate of drug-likeness (QED) is 0.828. The van der Waals surface area contributed by atoms with Gasteiger partial charge in [-0.05, 0) is 37.4 Å². The second kappa shape index (κ2) is 5.48. The fourth-order valence-electron chi connectivity index (χ4n) is 3.20. The number of urea groups is 1. The summed E-state index contributed by atoms with van der Waals surface area (Å²) in [5.41, 5.74) is 0.475. The molecule has 1 spiro atoms. The summed E-state index contributed by atoms with van der Waals surface area (Å²) in [6.45, 7) is 4.02. The lowest BCUT2D eigenvalue weighted by molar-refractivity contribution is -0.132. The van der Waals surface area contributed by atoms with Crippen molar-refractivity contribution in [3.8, 4) is 0 Å². The summed E-state index contributed by atoms with van der Waals surface area (Å²) in [4.78, 5) is 26.3. The van der Waals surface area contributed by atoms with Gasteiger partial charge in [-0.2, -0.15) is 0 Å². The average molecular weight is 287 g/mol. The van der Waals surface area contributed by atoms with E-state index < -0.39 is 5.54 Å². The molecule has 2 fully saturated rings. The zero-order chi connectivity index (χ0) is 14.9. The van der Waals surface area contributed by atoms with Crippen LogP contribution in [0.5, 0.6) is 0 Å². The molecule has 112 valence electrons. The number of nitrogens with one attached hydrogen (secondary N) is 2. The van der Waals surface area contributed by atoms with Gasteiger partial charge in [0.15, 0.2) is 0 Å². The highest BCUT2D eigenvalue weighted by Gasteiger charge is 2.51. The van der Waals surface area contributed by atoms with Crippen molar-refractivity contribution >= 4 is 11.9 Å². The third-order valence-corrected chi connectivity index (χ3v) is 4.53. The summed E-state index contributed by atoms with van der Waals surface area (Å²) in [5, 5.41) is 6.15. The molecule has 5 nitrogen and oxygen atoms in total. The first-order chi connectivity index (χ1) is 10.1. The maximum absolute atomic E-state index is 12.7. The Balaban J connectivity index is 1.74. The third kappa shape index (κ3) is 2.53. The second-order valence-electron chi connectivity index (χ2n) is 5.99. The Morgan fingerprint density at radius 2 is 1.86 bits per heavy atom. The zero-order valence-electron chi connectivity index (χ0n) is 12.3. The molecule has 0 bridgehead atoms. The van der Waals surface area contributed by atoms with Crippen LogP contribution in [0.3, 0.4) is 0 Å². The molecule has 1 aromatic carbocycles. The normalized spacial score (nSPS) is 22.4. The van der Waals surface area contributed by atoms with Crippen LogP contribution < -0.4 is 10.6 Å². The summed E-state index contributed by atoms with van der Waals surface area (Å²) in [7, 11) is 0. The predicted molar refractivity (Wildman–Crippen MR) is 79.9 cm³/mol. The molecule has 0 aromatic heterocycles. The SMILES string of the molecule is C[C@H](CN1C(=O)NC2(CCNCC2)C1=O)c1ccccc1. The van der Waals surface area contributed by atoms with Gasteiger partial charge in [-0.3, -0.25) is 9.69 Å². The molecule has 21 heavy (non-hydrogen) atoms. The number of rotatable bonds is 3. The van der Waals surface area contributed by atoms with Crippen molar-refractivity contribution < 1.29 is 9.59 Å². The number of hydrogen-bond donors (Lipinski definition) is 2. The molecule has 1 aromatic rings. The number of carbonyl (C=O) groups is 2. The van der Waals surface area contributed by atoms with E-state index in [2.05, 4.69) is 10.6 Å². The molecular formula is C16H21N3O2. The fourth-order valence-corrected chi connectivity index (χ4v) is 3.20. The standard InChI is InChI=1S/C16H21N3O2/c1-12(13-5-3-2-4-6-13)11-19-14(20)16(18-15(19)21)7-9-17-10-8-16/h2-6,12,17H,7-11H2,1H3,(H,18,21)/t12-/m1/s1. The van der Waals surface area contributed by atoms with Crippen molar-refractivity contribution in [2.75, 3.05) is 19.6 Å². The zero-order valence-corrected chi connectivity index (χ0v) is 12.3. The molecule has 2 aliphatic heterocycles. The lowest BCUT2D eigenvalue weighted by atomic mass is 9.88. The first-order valence-corrected chi connectivity index (χ1v) is 7.52. The Morgan fingerprint density at radius 3 is 2.52 bits per heavy atom. The number of hydrogen-bond acceptors (Lipinski definition) is 3. The Morgan fingerprint density at radius 1 is 1.19 bits per heavy atom. The monoisotopic (exact) mass is 287 g/mol. The topological polar surface area (TPSA) is 61.4 Å². The predicted octanol–water partition coefficient (Wildman–Crippen LogP) is 1.46. The largest absolute Gasteiger partial charge is 0.325 e. The highest BCUT2D eigenvalue weighted by molar-refractivity contribution is 6.07. The van der Waals surface area contributed by atoms with E-state index in [9.17, 15) is 9.59 Å². The lowest BCUT2D eigenvalue weighted by Crippen LogP contribution is -2.54. The lowest BCUT2D eigenvalue weighted by Gasteiger charge is -2.31. The third-order valence-electron chi connectivity index (χ3n) is 4.53. The van der Waals surface area contributed by atoms with Crippen molar-refractivity contribution in [2.45, 2.75) is 31.2 Å². The molecule has 0 unspecified atom stereocenters. The van der Waals surface area contributed by atoms with Crippen LogP contribution in [-0.4, -0.2) is 42.0 Å². The van der Waals surface area contributed by atoms with Gasteiger partial charge in [0, 0.05) is 6.54 Å². The van der Waals surface area contributed by atoms with Gasteiger partial charge in [-0.1, -0.05) is 37.3 Å². The number of piperidine rings is 1. The summed E-state index contributed by atoms with van der Waals surface area (Å²) in [5.74, 6) is 0.0783. The Kier molecular flexibility index (Phi) is 3.68. The average Bonchev–Trinajstić information content (AvgIpc) is 2.73. The number of imide groups is 1. The molecular weight excluding hydrogens is 266 g/mol. The fraction of sp³-hybridized carbons (Fsp3) is 0.500. The van der Waals surface area contributed by atoms with Gasteiger partial charge in [0.1, 0.15) is 5.54 Å². The maximum atomic E-state index is 12.7. The number of amides is 3. The van der Waals surface area contributed by atoms with Crippen molar-refractivity contribution in [2.24, 2.45) is 0 Å². The maximum Gasteiger partial charge on any atom is 0.325 e. The molecule has 3 amide bonds. The molecule has 2 N–H and O–H groups in total. The van der Waals surface area contributed by atoms with Crippen molar-refractivity contribution in [3.05, 3.63) is 35.9 Å². The molecule has 3 rings (SSSR count). The molecule has 2 heterocycles. The minimum atomic E-state index is -0.668. The van der Waals surface area contributed by atoms with E-state index in [0.717, 1.165) is 18.7 Å². The van der Waals surface area contributed by atoms with Gasteiger partial charge in [0.25, 0.3) is 5.91 Å². The molecule has 0 saturated carbocycles. The van der Waals surface area contributed by atoms with Crippen LogP contribution in [0.25, 0.3) is 0 Å². The Bertz CT molecular complexity index is 538. The van der Waals surface area contributed by atoms with Crippen molar-refractivity contribution in [1.29, 1.82) is 0 Å². The van der Waals surface area contributed by atoms with Gasteiger partial charge < -0.3 is 10.6 Å². The molecule has 2 saturated heterocycles. The molecule has 0 radical (unpaired) electrons. The van der Waals surface area contributed by atoms with Crippen LogP contribution in [-0.2, 0) is 4.79 Å². The van der Waals surface area contributed by atoms with E-state index in [1.807, 2.05) is 37.3 Å². The molecule has 5 heteroatoms. The van der Waals surface area contributed by atoms with Gasteiger partial charge >= 0.3 is 6.03 Å². The van der Waals surface area contributed by atoms with E-state index >= 15 is 0 Å². The number of carbonyl (C=O) groups excluding carboxylic acids is 2. The highest BCUT2D eigenvalue weighted by atomic mass is 16.2. The minimum Gasteiger partial charge on any atom is -0.323 e. The van der Waals surface area contributed by atoms with Crippen LogP contribution in [0.2, 0.25) is 0 Å². The van der Waals surface area contributed by atoms with Gasteiger partial charge in [-0.15, -0.1) is 0 Å². The van der Waals surface area contributed by atoms with Crippen molar-refractivity contribution in [1.82, 2.24) is 15.5 Å². The Labute approximate surface area is 124 Å². The molecule has 2 aliphatic rings. The van der Waals surface area contributed by atoms with E-state index in [1.165, 1.54) is 4.90 Å². The van der Waals surface area contributed by atoms with E-state index in [1.54, 1.807) is 0 Å². The van der Waals surface area contributed by atoms with Crippen LogP contribution in [0.15, 0.2) is 30.3 Å². The first-order valence-electron chi connectivity index (χ1n) is 7.52. The number of benzene rings is 1. The highest BCUT2D eigenvalue weighted by Crippen LogP contribution is 2.28. The van der Waals surface area contributed by atoms with E-state index in [4.69, 9.17) is 0 Å². The summed E-state index contributed by atoms with van der Waals surface area (Å²) in [6.07, 6.45) is 1.35. The molecule has 0 aliphatic carbocycles. The number of nitrogens with zero attached hydrogens (tertiary/aromatic N) is 1. The Hall–Kier alpha value is -1.88. The second-order valence-corrected chi connectivity index (χ2v) is 5.99. The van der Waals surface area contributed by atoms with Crippen LogP contribution in [0.4, 0.5) is 4.79 Å². The minimum absolute atomic E-state index is 0.0585. The summed E-state index contributed by atoms with van der Waals surface area (Å²) in [6, 6.07) is 9.74. The van der Waals surface area contributed by atoms with Crippen molar-refractivity contribution in [3.63, 3.8) is 0 Å². The first kappa shape index (κ1) is 14.1. The van der Waals surface area contributed by atoms with E-state index in [-0.39, 0.29) is 17.9 Å². The summed E-state index contributed by atoms with van der Waals surface area (Å²) < 4.78 is 0. The summed E-state index contributed by atoms with van der Waals surface area (Å²) >= 11 is 0. The van der Waals surface area contributed by atoms with Gasteiger partial charge in [-0.25, -0.2) is 4.79 Å². The van der Waals surface area contributed by atoms with Crippen LogP contribution >= 0.6 is 0 Å². The smallest absolute Gasteiger partial charge is 0.323 e. The van der Waals surface area contributed by atoms with Crippen LogP contribution in [0, 0.1) is 0 Å². The van der Waals surface area contributed by atoms with Crippen LogP contribution in [0.1, 0.15) is 31.2 Å². The van der Waals surface area contributed by atoms with Gasteiger partial charge in [0.2, 0.25) is 0 Å². The van der Waals surface area contributed by atoms with Gasteiger partial charge in [0.05, 0.1) is 0 Å². The van der Waals surface area contributed by atoms with E-state index in [0.29, 0.717) is 19.4 Å².